The van der Waals surface area contributed by atoms with E-state index in [0.717, 1.165) is 18.5 Å². The molecular weight excluding hydrogens is 193 g/mol. The molecule has 1 aliphatic carbocycles. The molecule has 0 unspecified atom stereocenters. The summed E-state index contributed by atoms with van der Waals surface area (Å²) in [6.07, 6.45) is -2.34. The fourth-order valence-electron chi connectivity index (χ4n) is 1.53. The van der Waals surface area contributed by atoms with Gasteiger partial charge in [0.25, 0.3) is 0 Å². The van der Waals surface area contributed by atoms with E-state index in [1.54, 1.807) is 6.92 Å². The third-order valence-corrected chi connectivity index (χ3v) is 2.40. The second-order valence-corrected chi connectivity index (χ2v) is 3.54. The number of hydrogen-bond acceptors (Lipinski definition) is 1. The average molecular weight is 204 g/mol. The number of halogens is 3. The first-order chi connectivity index (χ1) is 6.52. The lowest BCUT2D eigenvalue weighted by molar-refractivity contribution is -0.141. The number of nitrogens with zero attached hydrogens (tertiary/aromatic N) is 2. The van der Waals surface area contributed by atoms with E-state index in [1.807, 2.05) is 0 Å². The van der Waals surface area contributed by atoms with Crippen LogP contribution in [0.4, 0.5) is 13.2 Å². The monoisotopic (exact) mass is 204 g/mol. The Morgan fingerprint density at radius 2 is 2.14 bits per heavy atom. The highest BCUT2D eigenvalue weighted by Gasteiger charge is 2.37. The summed E-state index contributed by atoms with van der Waals surface area (Å²) in [6.45, 7) is 2.31. The zero-order chi connectivity index (χ0) is 10.3. The van der Waals surface area contributed by atoms with Crippen LogP contribution in [0.5, 0.6) is 0 Å². The molecule has 0 aromatic carbocycles. The predicted octanol–water partition coefficient (Wildman–Crippen LogP) is 2.80. The Hall–Kier alpha value is -1.00. The van der Waals surface area contributed by atoms with Gasteiger partial charge in [0.1, 0.15) is 0 Å². The van der Waals surface area contributed by atoms with E-state index < -0.39 is 11.9 Å². The molecule has 0 radical (unpaired) electrons. The molecule has 1 aromatic heterocycles. The molecule has 0 atom stereocenters. The maximum Gasteiger partial charge on any atom is 0.435 e. The van der Waals surface area contributed by atoms with Crippen LogP contribution in [0.3, 0.4) is 0 Å². The third-order valence-electron chi connectivity index (χ3n) is 2.40. The predicted molar refractivity (Wildman–Crippen MR) is 44.9 cm³/mol. The van der Waals surface area contributed by atoms with Gasteiger partial charge in [-0.1, -0.05) is 0 Å². The summed E-state index contributed by atoms with van der Waals surface area (Å²) in [5.41, 5.74) is -0.0268. The van der Waals surface area contributed by atoms with Gasteiger partial charge in [-0.2, -0.15) is 18.3 Å². The third kappa shape index (κ3) is 1.63. The lowest BCUT2D eigenvalue weighted by atomic mass is 10.2. The fourth-order valence-corrected chi connectivity index (χ4v) is 1.53. The van der Waals surface area contributed by atoms with Crippen LogP contribution in [-0.4, -0.2) is 9.78 Å². The number of alkyl halides is 3. The van der Waals surface area contributed by atoms with Gasteiger partial charge in [-0.25, -0.2) is 0 Å². The van der Waals surface area contributed by atoms with E-state index in [4.69, 9.17) is 0 Å². The SMILES string of the molecule is CCn1nc(C(F)(F)F)cc1C1CC1. The van der Waals surface area contributed by atoms with Gasteiger partial charge in [0, 0.05) is 18.2 Å². The zero-order valence-electron chi connectivity index (χ0n) is 7.80. The quantitative estimate of drug-likeness (QED) is 0.724. The van der Waals surface area contributed by atoms with Crippen molar-refractivity contribution < 1.29 is 13.2 Å². The van der Waals surface area contributed by atoms with E-state index in [9.17, 15) is 13.2 Å². The van der Waals surface area contributed by atoms with Gasteiger partial charge in [0.15, 0.2) is 5.69 Å². The molecule has 0 amide bonds. The van der Waals surface area contributed by atoms with Crippen LogP contribution in [0, 0.1) is 0 Å². The molecule has 1 aliphatic rings. The molecule has 0 spiro atoms. The molecule has 1 heterocycles. The maximum absolute atomic E-state index is 12.3. The molecular formula is C9H11F3N2. The first-order valence-electron chi connectivity index (χ1n) is 4.67. The number of hydrogen-bond donors (Lipinski definition) is 0. The van der Waals surface area contributed by atoms with Gasteiger partial charge in [0.2, 0.25) is 0 Å². The number of aryl methyl sites for hydroxylation is 1. The summed E-state index contributed by atoms with van der Waals surface area (Å²) >= 11 is 0. The number of rotatable bonds is 2. The standard InChI is InChI=1S/C9H11F3N2/c1-2-14-7(6-3-4-6)5-8(13-14)9(10,11)12/h5-6H,2-4H2,1H3. The highest BCUT2D eigenvalue weighted by molar-refractivity contribution is 5.20. The molecule has 1 aromatic rings. The van der Waals surface area contributed by atoms with Gasteiger partial charge in [-0.3, -0.25) is 4.68 Å². The summed E-state index contributed by atoms with van der Waals surface area (Å²) < 4.78 is 38.4. The molecule has 14 heavy (non-hydrogen) atoms. The van der Waals surface area contributed by atoms with Crippen molar-refractivity contribution in [3.8, 4) is 0 Å². The minimum Gasteiger partial charge on any atom is -0.269 e. The highest BCUT2D eigenvalue weighted by Crippen LogP contribution is 2.41. The molecule has 0 aliphatic heterocycles. The average Bonchev–Trinajstić information content (AvgIpc) is 2.82. The van der Waals surface area contributed by atoms with Crippen LogP contribution >= 0.6 is 0 Å². The Labute approximate surface area is 79.7 Å². The molecule has 0 saturated heterocycles. The van der Waals surface area contributed by atoms with Crippen LogP contribution < -0.4 is 0 Å². The lowest BCUT2D eigenvalue weighted by Gasteiger charge is -2.01. The van der Waals surface area contributed by atoms with Crippen molar-refractivity contribution in [3.63, 3.8) is 0 Å². The summed E-state index contributed by atoms with van der Waals surface area (Å²) in [6, 6.07) is 1.18. The summed E-state index contributed by atoms with van der Waals surface area (Å²) in [7, 11) is 0. The molecule has 2 rings (SSSR count). The lowest BCUT2D eigenvalue weighted by Crippen LogP contribution is -2.07. The Morgan fingerprint density at radius 3 is 2.57 bits per heavy atom. The molecule has 0 bridgehead atoms. The molecule has 78 valence electrons. The molecule has 1 saturated carbocycles. The first kappa shape index (κ1) is 9.55. The molecule has 2 nitrogen and oxygen atoms in total. The van der Waals surface area contributed by atoms with Crippen molar-refractivity contribution in [3.05, 3.63) is 17.5 Å². The van der Waals surface area contributed by atoms with Gasteiger partial charge in [0.05, 0.1) is 0 Å². The Bertz CT molecular complexity index is 336. The molecule has 1 fully saturated rings. The fraction of sp³-hybridized carbons (Fsp3) is 0.667. The minimum absolute atomic E-state index is 0.304. The van der Waals surface area contributed by atoms with Gasteiger partial charge in [-0.15, -0.1) is 0 Å². The van der Waals surface area contributed by atoms with Crippen LogP contribution in [0.15, 0.2) is 6.07 Å². The van der Waals surface area contributed by atoms with Gasteiger partial charge in [-0.05, 0) is 25.8 Å². The Kier molecular flexibility index (Phi) is 2.05. The van der Waals surface area contributed by atoms with E-state index >= 15 is 0 Å². The maximum atomic E-state index is 12.3. The molecule has 5 heteroatoms. The van der Waals surface area contributed by atoms with Crippen LogP contribution in [0.1, 0.15) is 37.1 Å². The van der Waals surface area contributed by atoms with E-state index in [1.165, 1.54) is 10.7 Å². The van der Waals surface area contributed by atoms with Crippen molar-refractivity contribution >= 4 is 0 Å². The topological polar surface area (TPSA) is 17.8 Å². The minimum atomic E-state index is -4.32. The van der Waals surface area contributed by atoms with E-state index in [-0.39, 0.29) is 0 Å². The smallest absolute Gasteiger partial charge is 0.269 e. The summed E-state index contributed by atoms with van der Waals surface area (Å²) in [5, 5.41) is 3.55. The Balaban J connectivity index is 2.35. The van der Waals surface area contributed by atoms with Crippen molar-refractivity contribution in [1.82, 2.24) is 9.78 Å². The summed E-state index contributed by atoms with van der Waals surface area (Å²) in [4.78, 5) is 0. The largest absolute Gasteiger partial charge is 0.435 e. The second-order valence-electron chi connectivity index (χ2n) is 3.54. The highest BCUT2D eigenvalue weighted by atomic mass is 19.4. The van der Waals surface area contributed by atoms with Gasteiger partial charge < -0.3 is 0 Å². The van der Waals surface area contributed by atoms with E-state index in [2.05, 4.69) is 5.10 Å². The first-order valence-corrected chi connectivity index (χ1v) is 4.67. The van der Waals surface area contributed by atoms with Crippen molar-refractivity contribution in [2.24, 2.45) is 0 Å². The normalized spacial score (nSPS) is 17.4. The van der Waals surface area contributed by atoms with Gasteiger partial charge >= 0.3 is 6.18 Å². The van der Waals surface area contributed by atoms with Crippen molar-refractivity contribution in [1.29, 1.82) is 0 Å². The van der Waals surface area contributed by atoms with Crippen molar-refractivity contribution in [2.75, 3.05) is 0 Å². The Morgan fingerprint density at radius 1 is 1.50 bits per heavy atom. The second kappa shape index (κ2) is 3.00. The van der Waals surface area contributed by atoms with Crippen LogP contribution in [0.2, 0.25) is 0 Å². The number of aromatic nitrogens is 2. The van der Waals surface area contributed by atoms with Crippen LogP contribution in [-0.2, 0) is 12.7 Å². The van der Waals surface area contributed by atoms with Crippen molar-refractivity contribution in [2.45, 2.75) is 38.4 Å². The van der Waals surface area contributed by atoms with E-state index in [0.29, 0.717) is 12.5 Å². The molecule has 0 N–H and O–H groups in total. The van der Waals surface area contributed by atoms with Crippen LogP contribution in [0.25, 0.3) is 0 Å². The zero-order valence-corrected chi connectivity index (χ0v) is 7.80. The summed E-state index contributed by atoms with van der Waals surface area (Å²) in [5.74, 6) is 0.304.